The summed E-state index contributed by atoms with van der Waals surface area (Å²) in [6, 6.07) is 106. The van der Waals surface area contributed by atoms with E-state index in [-0.39, 0.29) is 0 Å². The van der Waals surface area contributed by atoms with Gasteiger partial charge in [0.05, 0.1) is 27.1 Å². The number of aromatic nitrogens is 4. The molecule has 6 nitrogen and oxygen atoms in total. The van der Waals surface area contributed by atoms with Crippen molar-refractivity contribution in [3.05, 3.63) is 303 Å². The average molecular weight is 1110 g/mol. The monoisotopic (exact) mass is 1110 g/mol. The molecule has 12 aromatic carbocycles. The summed E-state index contributed by atoms with van der Waals surface area (Å²) in [5, 5.41) is 7.14. The van der Waals surface area contributed by atoms with Gasteiger partial charge >= 0.3 is 0 Å². The van der Waals surface area contributed by atoms with Crippen LogP contribution in [0.1, 0.15) is 0 Å². The third-order valence-electron chi connectivity index (χ3n) is 15.3. The van der Waals surface area contributed by atoms with Crippen LogP contribution in [0.5, 0.6) is 0 Å². The van der Waals surface area contributed by atoms with Crippen molar-refractivity contribution in [2.24, 2.45) is 0 Å². The van der Waals surface area contributed by atoms with Gasteiger partial charge < -0.3 is 9.80 Å². The highest BCUT2D eigenvalue weighted by Gasteiger charge is 2.21. The molecule has 0 saturated heterocycles. The highest BCUT2D eigenvalue weighted by atomic mass is 32.1. The van der Waals surface area contributed by atoms with E-state index in [2.05, 4.69) is 277 Å². The van der Waals surface area contributed by atoms with Crippen molar-refractivity contribution < 1.29 is 0 Å². The molecule has 0 saturated carbocycles. The number of para-hydroxylation sites is 4. The Morgan fingerprint density at radius 2 is 0.631 bits per heavy atom. The zero-order valence-corrected chi connectivity index (χ0v) is 47.0. The maximum atomic E-state index is 5.28. The third-order valence-corrected chi connectivity index (χ3v) is 17.6. The summed E-state index contributed by atoms with van der Waals surface area (Å²) in [6.07, 6.45) is 0. The maximum Gasteiger partial charge on any atom is 0.160 e. The van der Waals surface area contributed by atoms with Crippen LogP contribution in [0, 0.1) is 0 Å². The van der Waals surface area contributed by atoms with E-state index in [4.69, 9.17) is 19.9 Å². The molecule has 0 aliphatic heterocycles. The summed E-state index contributed by atoms with van der Waals surface area (Å²) in [6.45, 7) is 0. The number of hydrogen-bond donors (Lipinski definition) is 0. The first kappa shape index (κ1) is 50.3. The van der Waals surface area contributed by atoms with Crippen molar-refractivity contribution in [2.75, 3.05) is 9.80 Å². The largest absolute Gasteiger partial charge is 0.310 e. The number of fused-ring (bicyclic) bond motifs is 9. The molecule has 16 rings (SSSR count). The van der Waals surface area contributed by atoms with Crippen LogP contribution < -0.4 is 9.80 Å². The van der Waals surface area contributed by atoms with Gasteiger partial charge in [-0.3, -0.25) is 0 Å². The Labute approximate surface area is 494 Å². The van der Waals surface area contributed by atoms with E-state index < -0.39 is 0 Å². The Hall–Kier alpha value is -10.6. The first-order valence-electron chi connectivity index (χ1n) is 28.0. The number of thiophene rings is 2. The Bertz CT molecular complexity index is 4880. The topological polar surface area (TPSA) is 58.0 Å². The number of rotatable bonds is 10. The van der Waals surface area contributed by atoms with Gasteiger partial charge in [0.1, 0.15) is 0 Å². The standard InChI is InChI=1S/2C38H25N3S/c1-4-13-26(14-5-1)37-33-25-36-32(31-21-10-11-22-35(31)42-36)24-34(33)39-38(40-37)27-15-12-20-30(23-27)41(28-16-6-2-7-17-28)29-18-8-3-9-19-29;1-4-13-26(14-5-1)35-33-24-23-32-31-21-10-11-22-34(31)42-37(32)36(33)40-38(39-35)27-15-12-20-30(25-27)41(28-16-6-2-7-17-28)29-18-8-3-9-19-29/h2*1-25H. The van der Waals surface area contributed by atoms with Gasteiger partial charge in [0.15, 0.2) is 11.6 Å². The minimum atomic E-state index is 0.711. The van der Waals surface area contributed by atoms with Crippen molar-refractivity contribution in [1.82, 2.24) is 19.9 Å². The van der Waals surface area contributed by atoms with E-state index in [1.807, 2.05) is 47.7 Å². The molecule has 0 radical (unpaired) electrons. The van der Waals surface area contributed by atoms with Gasteiger partial charge in [-0.15, -0.1) is 22.7 Å². The van der Waals surface area contributed by atoms with E-state index >= 15 is 0 Å². The number of hydrogen-bond acceptors (Lipinski definition) is 8. The van der Waals surface area contributed by atoms with Crippen molar-refractivity contribution >= 4 is 119 Å². The normalized spacial score (nSPS) is 11.3. The second-order valence-corrected chi connectivity index (χ2v) is 22.7. The molecule has 8 heteroatoms. The van der Waals surface area contributed by atoms with Crippen molar-refractivity contribution in [3.8, 4) is 45.3 Å². The van der Waals surface area contributed by atoms with Gasteiger partial charge in [0.25, 0.3) is 0 Å². The van der Waals surface area contributed by atoms with Crippen molar-refractivity contribution in [2.45, 2.75) is 0 Å². The molecule has 0 atom stereocenters. The zero-order valence-electron chi connectivity index (χ0n) is 45.4. The number of nitrogens with zero attached hydrogens (tertiary/aromatic N) is 6. The fraction of sp³-hybridized carbons (Fsp3) is 0. The lowest BCUT2D eigenvalue weighted by molar-refractivity contribution is 1.22. The fourth-order valence-corrected chi connectivity index (χ4v) is 13.7. The molecule has 396 valence electrons. The summed E-state index contributed by atoms with van der Waals surface area (Å²) in [5.74, 6) is 1.43. The molecule has 0 aliphatic carbocycles. The average Bonchev–Trinajstić information content (AvgIpc) is 3.59. The van der Waals surface area contributed by atoms with Crippen LogP contribution in [0.3, 0.4) is 0 Å². The molecule has 0 aliphatic rings. The van der Waals surface area contributed by atoms with Crippen LogP contribution in [-0.2, 0) is 0 Å². The quantitative estimate of drug-likeness (QED) is 0.136. The summed E-state index contributed by atoms with van der Waals surface area (Å²) < 4.78 is 5.00. The van der Waals surface area contributed by atoms with Crippen LogP contribution in [-0.4, -0.2) is 19.9 Å². The Morgan fingerprint density at radius 3 is 1.14 bits per heavy atom. The van der Waals surface area contributed by atoms with E-state index in [0.717, 1.165) is 89.6 Å². The Balaban J connectivity index is 0.000000143. The molecule has 0 spiro atoms. The Morgan fingerprint density at radius 1 is 0.238 bits per heavy atom. The molecule has 0 amide bonds. The first-order valence-corrected chi connectivity index (χ1v) is 29.7. The molecule has 4 heterocycles. The lowest BCUT2D eigenvalue weighted by Gasteiger charge is -2.25. The Kier molecular flexibility index (Phi) is 13.2. The summed E-state index contributed by atoms with van der Waals surface area (Å²) in [5.41, 5.74) is 14.4. The molecular formula is C76H50N6S2. The molecule has 0 bridgehead atoms. The van der Waals surface area contributed by atoms with Crippen LogP contribution in [0.2, 0.25) is 0 Å². The second-order valence-electron chi connectivity index (χ2n) is 20.5. The first-order chi connectivity index (χ1) is 41.6. The molecule has 84 heavy (non-hydrogen) atoms. The summed E-state index contributed by atoms with van der Waals surface area (Å²) >= 11 is 3.62. The van der Waals surface area contributed by atoms with Gasteiger partial charge in [-0.05, 0) is 103 Å². The van der Waals surface area contributed by atoms with Gasteiger partial charge in [0, 0.05) is 103 Å². The van der Waals surface area contributed by atoms with Gasteiger partial charge in [-0.1, -0.05) is 200 Å². The van der Waals surface area contributed by atoms with Gasteiger partial charge in [0.2, 0.25) is 0 Å². The van der Waals surface area contributed by atoms with Crippen LogP contribution >= 0.6 is 22.7 Å². The smallest absolute Gasteiger partial charge is 0.160 e. The van der Waals surface area contributed by atoms with Gasteiger partial charge in [-0.2, -0.15) is 0 Å². The predicted octanol–water partition coefficient (Wildman–Crippen LogP) is 21.6. The third kappa shape index (κ3) is 9.55. The van der Waals surface area contributed by atoms with E-state index in [0.29, 0.717) is 11.6 Å². The lowest BCUT2D eigenvalue weighted by atomic mass is 10.0. The molecule has 0 fully saturated rings. The lowest BCUT2D eigenvalue weighted by Crippen LogP contribution is -2.09. The highest BCUT2D eigenvalue weighted by Crippen LogP contribution is 2.44. The zero-order chi connectivity index (χ0) is 55.8. The van der Waals surface area contributed by atoms with Gasteiger partial charge in [-0.25, -0.2) is 19.9 Å². The molecule has 4 aromatic heterocycles. The summed E-state index contributed by atoms with van der Waals surface area (Å²) in [7, 11) is 0. The van der Waals surface area contributed by atoms with Crippen molar-refractivity contribution in [3.63, 3.8) is 0 Å². The number of benzene rings is 12. The van der Waals surface area contributed by atoms with E-state index in [9.17, 15) is 0 Å². The van der Waals surface area contributed by atoms with Crippen LogP contribution in [0.25, 0.3) is 107 Å². The number of anilines is 6. The predicted molar refractivity (Wildman–Crippen MR) is 356 cm³/mol. The SMILES string of the molecule is c1ccc(-c2nc(-c3cccc(N(c4ccccc4)c4ccccc4)c3)nc3c2ccc2c4ccccc4sc23)cc1.c1ccc(-c2nc(-c3cccc(N(c4ccccc4)c4ccccc4)c3)nc3cc4c(cc23)sc2ccccc24)cc1. The summed E-state index contributed by atoms with van der Waals surface area (Å²) in [4.78, 5) is 25.5. The van der Waals surface area contributed by atoms with E-state index in [1.54, 1.807) is 11.3 Å². The molecule has 16 aromatic rings. The minimum Gasteiger partial charge on any atom is -0.310 e. The highest BCUT2D eigenvalue weighted by molar-refractivity contribution is 7.26. The second kappa shape index (κ2) is 22.0. The maximum absolute atomic E-state index is 5.28. The van der Waals surface area contributed by atoms with Crippen molar-refractivity contribution in [1.29, 1.82) is 0 Å². The molecular weight excluding hydrogens is 1060 g/mol. The molecule has 0 N–H and O–H groups in total. The molecule has 0 unspecified atom stereocenters. The van der Waals surface area contributed by atoms with E-state index in [1.165, 1.54) is 40.3 Å². The minimum absolute atomic E-state index is 0.711. The fourth-order valence-electron chi connectivity index (χ4n) is 11.4. The van der Waals surface area contributed by atoms with Crippen LogP contribution in [0.15, 0.2) is 303 Å². The van der Waals surface area contributed by atoms with Crippen LogP contribution in [0.4, 0.5) is 34.1 Å².